The van der Waals surface area contributed by atoms with Gasteiger partial charge in [0, 0.05) is 32.4 Å². The number of anilines is 1. The second-order valence-corrected chi connectivity index (χ2v) is 4.67. The monoisotopic (exact) mass is 244 g/mol. The van der Waals surface area contributed by atoms with Gasteiger partial charge in [0.1, 0.15) is 5.82 Å². The maximum atomic E-state index is 5.68. The van der Waals surface area contributed by atoms with E-state index in [1.807, 2.05) is 28.1 Å². The molecule has 0 unspecified atom stereocenters. The van der Waals surface area contributed by atoms with Crippen LogP contribution in [0.1, 0.15) is 11.5 Å². The molecular formula is C14H20N4. The van der Waals surface area contributed by atoms with Crippen LogP contribution in [0, 0.1) is 6.92 Å². The van der Waals surface area contributed by atoms with E-state index in [0.717, 1.165) is 17.2 Å². The van der Waals surface area contributed by atoms with Crippen LogP contribution < -0.4 is 10.6 Å². The first kappa shape index (κ1) is 12.6. The van der Waals surface area contributed by atoms with Crippen LogP contribution >= 0.6 is 0 Å². The molecule has 96 valence electrons. The Morgan fingerprint density at radius 2 is 1.83 bits per heavy atom. The van der Waals surface area contributed by atoms with Crippen LogP contribution in [0.25, 0.3) is 11.3 Å². The Morgan fingerprint density at radius 3 is 2.28 bits per heavy atom. The van der Waals surface area contributed by atoms with Crippen LogP contribution in [-0.2, 0) is 13.6 Å². The summed E-state index contributed by atoms with van der Waals surface area (Å²) in [4.78, 5) is 6.58. The summed E-state index contributed by atoms with van der Waals surface area (Å²) < 4.78 is 2.07. The third-order valence-electron chi connectivity index (χ3n) is 3.20. The molecule has 0 amide bonds. The van der Waals surface area contributed by atoms with E-state index < -0.39 is 0 Å². The number of rotatable bonds is 3. The number of nitrogens with zero attached hydrogens (tertiary/aromatic N) is 3. The Hall–Kier alpha value is -1.81. The summed E-state index contributed by atoms with van der Waals surface area (Å²) in [5.41, 5.74) is 10.2. The molecule has 0 aliphatic rings. The van der Waals surface area contributed by atoms with Gasteiger partial charge in [-0.3, -0.25) is 0 Å². The van der Waals surface area contributed by atoms with Crippen LogP contribution in [0.4, 0.5) is 5.69 Å². The summed E-state index contributed by atoms with van der Waals surface area (Å²) in [6.07, 6.45) is 0. The summed E-state index contributed by atoms with van der Waals surface area (Å²) in [5.74, 6) is 0.916. The van der Waals surface area contributed by atoms with Gasteiger partial charge in [-0.05, 0) is 19.1 Å². The van der Waals surface area contributed by atoms with Gasteiger partial charge in [-0.25, -0.2) is 4.98 Å². The van der Waals surface area contributed by atoms with Gasteiger partial charge in [0.15, 0.2) is 0 Å². The normalized spacial score (nSPS) is 10.7. The molecule has 2 aromatic rings. The first-order chi connectivity index (χ1) is 8.54. The molecule has 0 saturated carbocycles. The highest BCUT2D eigenvalue weighted by Crippen LogP contribution is 2.25. The van der Waals surface area contributed by atoms with Crippen molar-refractivity contribution in [3.05, 3.63) is 35.8 Å². The van der Waals surface area contributed by atoms with Crippen LogP contribution in [0.5, 0.6) is 0 Å². The van der Waals surface area contributed by atoms with Gasteiger partial charge in [0.05, 0.1) is 17.9 Å². The Labute approximate surface area is 108 Å². The van der Waals surface area contributed by atoms with Crippen molar-refractivity contribution in [2.75, 3.05) is 19.0 Å². The highest BCUT2D eigenvalue weighted by molar-refractivity contribution is 5.65. The fraction of sp³-hybridized carbons (Fsp3) is 0.357. The Kier molecular flexibility index (Phi) is 3.39. The molecule has 1 aromatic heterocycles. The Balaban J connectivity index is 2.45. The third kappa shape index (κ3) is 2.11. The molecule has 0 aliphatic heterocycles. The van der Waals surface area contributed by atoms with Crippen molar-refractivity contribution in [1.29, 1.82) is 0 Å². The number of hydrogen-bond donors (Lipinski definition) is 1. The van der Waals surface area contributed by atoms with Crippen molar-refractivity contribution >= 4 is 5.69 Å². The summed E-state index contributed by atoms with van der Waals surface area (Å²) >= 11 is 0. The van der Waals surface area contributed by atoms with Crippen molar-refractivity contribution < 1.29 is 0 Å². The number of hydrogen-bond acceptors (Lipinski definition) is 3. The fourth-order valence-corrected chi connectivity index (χ4v) is 2.20. The van der Waals surface area contributed by atoms with Gasteiger partial charge in [-0.2, -0.15) is 0 Å². The second-order valence-electron chi connectivity index (χ2n) is 4.67. The van der Waals surface area contributed by atoms with E-state index in [1.54, 1.807) is 0 Å². The van der Waals surface area contributed by atoms with Gasteiger partial charge >= 0.3 is 0 Å². The van der Waals surface area contributed by atoms with Gasteiger partial charge in [0.2, 0.25) is 0 Å². The lowest BCUT2D eigenvalue weighted by Gasteiger charge is -2.13. The molecule has 2 N–H and O–H groups in total. The molecule has 4 nitrogen and oxygen atoms in total. The first-order valence-electron chi connectivity index (χ1n) is 6.04. The maximum Gasteiger partial charge on any atom is 0.122 e. The smallest absolute Gasteiger partial charge is 0.122 e. The van der Waals surface area contributed by atoms with Gasteiger partial charge in [0.25, 0.3) is 0 Å². The van der Waals surface area contributed by atoms with Crippen LogP contribution in [0.15, 0.2) is 24.3 Å². The first-order valence-corrected chi connectivity index (χ1v) is 6.04. The largest absolute Gasteiger partial charge is 0.378 e. The minimum absolute atomic E-state index is 0.465. The van der Waals surface area contributed by atoms with Gasteiger partial charge in [-0.15, -0.1) is 0 Å². The molecule has 1 heterocycles. The molecule has 0 radical (unpaired) electrons. The van der Waals surface area contributed by atoms with Crippen molar-refractivity contribution in [3.8, 4) is 11.3 Å². The molecule has 0 saturated heterocycles. The average Bonchev–Trinajstić information content (AvgIpc) is 2.64. The van der Waals surface area contributed by atoms with Crippen molar-refractivity contribution in [1.82, 2.24) is 9.55 Å². The van der Waals surface area contributed by atoms with Crippen molar-refractivity contribution in [3.63, 3.8) is 0 Å². The molecular weight excluding hydrogens is 224 g/mol. The summed E-state index contributed by atoms with van der Waals surface area (Å²) in [5, 5.41) is 0. The van der Waals surface area contributed by atoms with Gasteiger partial charge < -0.3 is 15.2 Å². The highest BCUT2D eigenvalue weighted by atomic mass is 15.1. The van der Waals surface area contributed by atoms with E-state index in [0.29, 0.717) is 6.54 Å². The lowest BCUT2D eigenvalue weighted by Crippen LogP contribution is -2.08. The molecule has 4 heteroatoms. The van der Waals surface area contributed by atoms with E-state index in [2.05, 4.69) is 38.7 Å². The SMILES string of the molecule is Cc1nc(CN)n(C)c1-c1ccc(N(C)C)cc1. The average molecular weight is 244 g/mol. The van der Waals surface area contributed by atoms with Gasteiger partial charge in [-0.1, -0.05) is 12.1 Å². The quantitative estimate of drug-likeness (QED) is 0.897. The zero-order valence-electron chi connectivity index (χ0n) is 11.4. The summed E-state index contributed by atoms with van der Waals surface area (Å²) in [6, 6.07) is 8.48. The standard InChI is InChI=1S/C14H20N4/c1-10-14(18(4)13(9-15)16-10)11-5-7-12(8-6-11)17(2)3/h5-8H,9,15H2,1-4H3. The zero-order valence-corrected chi connectivity index (χ0v) is 11.4. The predicted molar refractivity (Wildman–Crippen MR) is 75.6 cm³/mol. The number of benzene rings is 1. The molecule has 0 atom stereocenters. The van der Waals surface area contributed by atoms with E-state index in [-0.39, 0.29) is 0 Å². The van der Waals surface area contributed by atoms with Crippen molar-refractivity contribution in [2.24, 2.45) is 12.8 Å². The second kappa shape index (κ2) is 4.82. The van der Waals surface area contributed by atoms with E-state index in [9.17, 15) is 0 Å². The van der Waals surface area contributed by atoms with E-state index in [1.165, 1.54) is 11.3 Å². The molecule has 1 aromatic carbocycles. The van der Waals surface area contributed by atoms with Crippen molar-refractivity contribution in [2.45, 2.75) is 13.5 Å². The molecule has 0 fully saturated rings. The molecule has 18 heavy (non-hydrogen) atoms. The lowest BCUT2D eigenvalue weighted by atomic mass is 10.1. The number of imidazole rings is 1. The number of nitrogens with two attached hydrogens (primary N) is 1. The maximum absolute atomic E-state index is 5.68. The predicted octanol–water partition coefficient (Wildman–Crippen LogP) is 1.92. The van der Waals surface area contributed by atoms with Crippen LogP contribution in [0.3, 0.4) is 0 Å². The summed E-state index contributed by atoms with van der Waals surface area (Å²) in [7, 11) is 6.09. The van der Waals surface area contributed by atoms with Crippen LogP contribution in [0.2, 0.25) is 0 Å². The molecule has 0 aliphatic carbocycles. The van der Waals surface area contributed by atoms with E-state index >= 15 is 0 Å². The number of aromatic nitrogens is 2. The minimum Gasteiger partial charge on any atom is -0.378 e. The van der Waals surface area contributed by atoms with E-state index in [4.69, 9.17) is 5.73 Å². The van der Waals surface area contributed by atoms with Crippen LogP contribution in [-0.4, -0.2) is 23.6 Å². The molecule has 2 rings (SSSR count). The lowest BCUT2D eigenvalue weighted by molar-refractivity contribution is 0.798. The Bertz CT molecular complexity index is 538. The topological polar surface area (TPSA) is 47.1 Å². The third-order valence-corrected chi connectivity index (χ3v) is 3.20. The summed E-state index contributed by atoms with van der Waals surface area (Å²) in [6.45, 7) is 2.49. The molecule has 0 bridgehead atoms. The fourth-order valence-electron chi connectivity index (χ4n) is 2.20. The number of aryl methyl sites for hydroxylation is 1. The zero-order chi connectivity index (χ0) is 13.3. The minimum atomic E-state index is 0.465. The Morgan fingerprint density at radius 1 is 1.22 bits per heavy atom. The molecule has 0 spiro atoms. The highest BCUT2D eigenvalue weighted by Gasteiger charge is 2.12.